The molecule has 2 heteroatoms. The van der Waals surface area contributed by atoms with Gasteiger partial charge in [-0.2, -0.15) is 0 Å². The quantitative estimate of drug-likeness (QED) is 0.869. The lowest BCUT2D eigenvalue weighted by Gasteiger charge is -2.21. The van der Waals surface area contributed by atoms with Crippen LogP contribution >= 0.6 is 0 Å². The fourth-order valence-electron chi connectivity index (χ4n) is 2.66. The van der Waals surface area contributed by atoms with Gasteiger partial charge in [-0.05, 0) is 61.0 Å². The summed E-state index contributed by atoms with van der Waals surface area (Å²) in [6.45, 7) is 13.5. The van der Waals surface area contributed by atoms with Gasteiger partial charge in [0, 0.05) is 6.54 Å². The van der Waals surface area contributed by atoms with Crippen LogP contribution in [0.2, 0.25) is 0 Å². The third-order valence-electron chi connectivity index (χ3n) is 4.12. The van der Waals surface area contributed by atoms with E-state index < -0.39 is 0 Å². The van der Waals surface area contributed by atoms with Crippen LogP contribution in [0.3, 0.4) is 0 Å². The smallest absolute Gasteiger partial charge is 0.0208 e. The molecule has 0 saturated carbocycles. The number of aryl methyl sites for hydroxylation is 1. The van der Waals surface area contributed by atoms with Gasteiger partial charge >= 0.3 is 0 Å². The average Bonchev–Trinajstić information content (AvgIpc) is 2.83. The largest absolute Gasteiger partial charge is 0.316 e. The molecule has 1 aliphatic heterocycles. The Hall–Kier alpha value is -0.860. The minimum atomic E-state index is 0.242. The molecule has 2 nitrogen and oxygen atoms in total. The highest BCUT2D eigenvalue weighted by Crippen LogP contribution is 2.24. The summed E-state index contributed by atoms with van der Waals surface area (Å²) < 4.78 is 0. The zero-order valence-corrected chi connectivity index (χ0v) is 12.8. The number of benzene rings is 1. The van der Waals surface area contributed by atoms with Crippen LogP contribution in [0, 0.1) is 12.8 Å². The summed E-state index contributed by atoms with van der Waals surface area (Å²) in [5.41, 5.74) is 4.50. The van der Waals surface area contributed by atoms with Gasteiger partial charge in [-0.25, -0.2) is 0 Å². The molecular weight excluding hydrogens is 232 g/mol. The third kappa shape index (κ3) is 4.05. The van der Waals surface area contributed by atoms with E-state index in [1.807, 2.05) is 0 Å². The molecule has 1 unspecified atom stereocenters. The zero-order valence-electron chi connectivity index (χ0n) is 12.8. The second kappa shape index (κ2) is 6.06. The van der Waals surface area contributed by atoms with Gasteiger partial charge in [-0.1, -0.05) is 39.0 Å². The van der Waals surface area contributed by atoms with Gasteiger partial charge < -0.3 is 10.6 Å². The molecule has 0 spiro atoms. The van der Waals surface area contributed by atoms with Crippen molar-refractivity contribution in [2.75, 3.05) is 19.6 Å². The summed E-state index contributed by atoms with van der Waals surface area (Å²) in [7, 11) is 0. The summed E-state index contributed by atoms with van der Waals surface area (Å²) in [6.07, 6.45) is 1.31. The molecule has 1 aliphatic rings. The fraction of sp³-hybridized carbons (Fsp3) is 0.647. The molecule has 0 amide bonds. The summed E-state index contributed by atoms with van der Waals surface area (Å²) in [5, 5.41) is 7.02. The first-order valence-electron chi connectivity index (χ1n) is 7.48. The molecule has 106 valence electrons. The van der Waals surface area contributed by atoms with Gasteiger partial charge in [0.05, 0.1) is 0 Å². The van der Waals surface area contributed by atoms with E-state index in [9.17, 15) is 0 Å². The highest BCUT2D eigenvalue weighted by Gasteiger charge is 2.15. The lowest BCUT2D eigenvalue weighted by atomic mass is 9.85. The molecule has 19 heavy (non-hydrogen) atoms. The predicted octanol–water partition coefficient (Wildman–Crippen LogP) is 2.99. The van der Waals surface area contributed by atoms with Gasteiger partial charge in [0.15, 0.2) is 0 Å². The zero-order chi connectivity index (χ0) is 13.9. The molecule has 1 aromatic rings. The summed E-state index contributed by atoms with van der Waals surface area (Å²) in [5.74, 6) is 0.814. The van der Waals surface area contributed by atoms with Crippen molar-refractivity contribution in [3.8, 4) is 0 Å². The van der Waals surface area contributed by atoms with E-state index in [1.54, 1.807) is 0 Å². The predicted molar refractivity (Wildman–Crippen MR) is 82.6 cm³/mol. The van der Waals surface area contributed by atoms with Gasteiger partial charge in [0.2, 0.25) is 0 Å². The molecular formula is C17H28N2. The Labute approximate surface area is 118 Å². The van der Waals surface area contributed by atoms with Crippen molar-refractivity contribution in [1.29, 1.82) is 0 Å². The molecule has 1 aromatic carbocycles. The van der Waals surface area contributed by atoms with Crippen molar-refractivity contribution in [1.82, 2.24) is 10.6 Å². The monoisotopic (exact) mass is 260 g/mol. The summed E-state index contributed by atoms with van der Waals surface area (Å²) >= 11 is 0. The normalized spacial score (nSPS) is 19.9. The second-order valence-electron chi connectivity index (χ2n) is 6.88. The first-order valence-corrected chi connectivity index (χ1v) is 7.48. The van der Waals surface area contributed by atoms with Gasteiger partial charge in [0.25, 0.3) is 0 Å². The first kappa shape index (κ1) is 14.5. The highest BCUT2D eigenvalue weighted by molar-refractivity contribution is 5.34. The fourth-order valence-corrected chi connectivity index (χ4v) is 2.66. The van der Waals surface area contributed by atoms with Gasteiger partial charge in [-0.3, -0.25) is 0 Å². The Morgan fingerprint density at radius 2 is 2.11 bits per heavy atom. The molecule has 0 bridgehead atoms. The minimum absolute atomic E-state index is 0.242. The Morgan fingerprint density at radius 1 is 1.32 bits per heavy atom. The van der Waals surface area contributed by atoms with E-state index in [1.165, 1.54) is 36.2 Å². The highest BCUT2D eigenvalue weighted by atomic mass is 14.9. The number of hydrogen-bond donors (Lipinski definition) is 2. The number of nitrogens with one attached hydrogen (secondary N) is 2. The SMILES string of the molecule is Cc1cc(C(C)(C)C)ccc1CNCC1CCNC1. The number of rotatable bonds is 4. The van der Waals surface area contributed by atoms with E-state index >= 15 is 0 Å². The Balaban J connectivity index is 1.90. The molecule has 1 atom stereocenters. The standard InChI is InChI=1S/C17H28N2/c1-13-9-16(17(2,3)4)6-5-15(13)12-19-11-14-7-8-18-10-14/h5-6,9,14,18-19H,7-8,10-12H2,1-4H3. The van der Waals surface area contributed by atoms with E-state index in [4.69, 9.17) is 0 Å². The van der Waals surface area contributed by atoms with Crippen molar-refractivity contribution in [3.63, 3.8) is 0 Å². The van der Waals surface area contributed by atoms with E-state index in [0.717, 1.165) is 19.0 Å². The molecule has 1 saturated heterocycles. The maximum absolute atomic E-state index is 3.60. The lowest BCUT2D eigenvalue weighted by Crippen LogP contribution is -2.24. The van der Waals surface area contributed by atoms with Crippen molar-refractivity contribution in [2.45, 2.75) is 46.1 Å². The van der Waals surface area contributed by atoms with Crippen LogP contribution in [0.5, 0.6) is 0 Å². The summed E-state index contributed by atoms with van der Waals surface area (Å²) in [6, 6.07) is 6.91. The van der Waals surface area contributed by atoms with Crippen molar-refractivity contribution in [2.24, 2.45) is 5.92 Å². The maximum Gasteiger partial charge on any atom is 0.0208 e. The van der Waals surface area contributed by atoms with Gasteiger partial charge in [-0.15, -0.1) is 0 Å². The number of hydrogen-bond acceptors (Lipinski definition) is 2. The molecule has 0 aromatic heterocycles. The van der Waals surface area contributed by atoms with Crippen molar-refractivity contribution in [3.05, 3.63) is 34.9 Å². The molecule has 2 N–H and O–H groups in total. The van der Waals surface area contributed by atoms with Crippen LogP contribution in [0.15, 0.2) is 18.2 Å². The van der Waals surface area contributed by atoms with Crippen LogP contribution in [0.4, 0.5) is 0 Å². The second-order valence-corrected chi connectivity index (χ2v) is 6.88. The van der Waals surface area contributed by atoms with Crippen molar-refractivity contribution >= 4 is 0 Å². The lowest BCUT2D eigenvalue weighted by molar-refractivity contribution is 0.512. The third-order valence-corrected chi connectivity index (χ3v) is 4.12. The first-order chi connectivity index (χ1) is 8.97. The van der Waals surface area contributed by atoms with Crippen LogP contribution in [0.25, 0.3) is 0 Å². The topological polar surface area (TPSA) is 24.1 Å². The maximum atomic E-state index is 3.60. The van der Waals surface area contributed by atoms with Crippen molar-refractivity contribution < 1.29 is 0 Å². The van der Waals surface area contributed by atoms with E-state index in [2.05, 4.69) is 56.5 Å². The van der Waals surface area contributed by atoms with Crippen LogP contribution < -0.4 is 10.6 Å². The molecule has 1 fully saturated rings. The van der Waals surface area contributed by atoms with E-state index in [0.29, 0.717) is 0 Å². The summed E-state index contributed by atoms with van der Waals surface area (Å²) in [4.78, 5) is 0. The Bertz CT molecular complexity index is 412. The van der Waals surface area contributed by atoms with E-state index in [-0.39, 0.29) is 5.41 Å². The minimum Gasteiger partial charge on any atom is -0.316 e. The average molecular weight is 260 g/mol. The molecule has 0 radical (unpaired) electrons. The van der Waals surface area contributed by atoms with Crippen LogP contribution in [-0.2, 0) is 12.0 Å². The molecule has 2 rings (SSSR count). The van der Waals surface area contributed by atoms with Crippen LogP contribution in [-0.4, -0.2) is 19.6 Å². The molecule has 1 heterocycles. The Morgan fingerprint density at radius 3 is 2.68 bits per heavy atom. The Kier molecular flexibility index (Phi) is 4.64. The van der Waals surface area contributed by atoms with Crippen LogP contribution in [0.1, 0.15) is 43.9 Å². The van der Waals surface area contributed by atoms with Gasteiger partial charge in [0.1, 0.15) is 0 Å². The molecule has 0 aliphatic carbocycles.